The lowest BCUT2D eigenvalue weighted by atomic mass is 9.88. The molecule has 2 nitrogen and oxygen atoms in total. The summed E-state index contributed by atoms with van der Waals surface area (Å²) in [6.45, 7) is 0. The van der Waals surface area contributed by atoms with Crippen molar-refractivity contribution < 1.29 is 0 Å². The van der Waals surface area contributed by atoms with Gasteiger partial charge < -0.3 is 0 Å². The van der Waals surface area contributed by atoms with Gasteiger partial charge in [-0.25, -0.2) is 9.97 Å². The van der Waals surface area contributed by atoms with Gasteiger partial charge in [0.1, 0.15) is 0 Å². The quantitative estimate of drug-likeness (QED) is 0.163. The number of hydrogen-bond acceptors (Lipinski definition) is 2. The smallest absolute Gasteiger partial charge is 0.160 e. The largest absolute Gasteiger partial charge is 0.228 e. The Balaban J connectivity index is 1.00. The Labute approximate surface area is 347 Å². The van der Waals surface area contributed by atoms with Crippen molar-refractivity contribution in [3.05, 3.63) is 218 Å². The van der Waals surface area contributed by atoms with Crippen LogP contribution >= 0.6 is 0 Å². The number of nitrogens with zero attached hydrogens (tertiary/aromatic N) is 2. The first kappa shape index (κ1) is 34.1. The first-order chi connectivity index (χ1) is 29.7. The molecule has 2 heteroatoms. The van der Waals surface area contributed by atoms with Crippen LogP contribution in [0.25, 0.3) is 121 Å². The van der Waals surface area contributed by atoms with Gasteiger partial charge in [-0.15, -0.1) is 0 Å². The van der Waals surface area contributed by atoms with Crippen molar-refractivity contribution in [2.24, 2.45) is 0 Å². The number of aromatic nitrogens is 2. The van der Waals surface area contributed by atoms with E-state index in [2.05, 4.69) is 194 Å². The number of hydrogen-bond donors (Lipinski definition) is 0. The highest BCUT2D eigenvalue weighted by atomic mass is 14.9. The minimum Gasteiger partial charge on any atom is -0.228 e. The number of rotatable bonds is 5. The number of fused-ring (bicyclic) bond motifs is 6. The Kier molecular flexibility index (Phi) is 7.89. The van der Waals surface area contributed by atoms with Crippen molar-refractivity contribution in [1.29, 1.82) is 0 Å². The molecular weight excluding hydrogens is 725 g/mol. The molecule has 11 aromatic carbocycles. The second kappa shape index (κ2) is 13.9. The van der Waals surface area contributed by atoms with E-state index in [1.807, 2.05) is 24.3 Å². The van der Waals surface area contributed by atoms with Crippen LogP contribution in [-0.2, 0) is 0 Å². The highest BCUT2D eigenvalue weighted by Crippen LogP contribution is 2.43. The van der Waals surface area contributed by atoms with E-state index in [1.54, 1.807) is 0 Å². The van der Waals surface area contributed by atoms with Gasteiger partial charge in [-0.1, -0.05) is 200 Å². The summed E-state index contributed by atoms with van der Waals surface area (Å²) >= 11 is 0. The van der Waals surface area contributed by atoms with E-state index in [-0.39, 0.29) is 0 Å². The average molecular weight is 761 g/mol. The van der Waals surface area contributed by atoms with Gasteiger partial charge in [0.05, 0.1) is 11.4 Å². The fourth-order valence-electron chi connectivity index (χ4n) is 9.43. The Morgan fingerprint density at radius 3 is 1.43 bits per heavy atom. The van der Waals surface area contributed by atoms with E-state index in [0.717, 1.165) is 33.5 Å². The summed E-state index contributed by atoms with van der Waals surface area (Å²) in [6, 6.07) is 78.9. The van der Waals surface area contributed by atoms with Crippen molar-refractivity contribution in [3.63, 3.8) is 0 Å². The molecule has 0 saturated heterocycles. The molecule has 278 valence electrons. The molecule has 0 saturated carbocycles. The van der Waals surface area contributed by atoms with Crippen LogP contribution in [-0.4, -0.2) is 9.97 Å². The van der Waals surface area contributed by atoms with Gasteiger partial charge >= 0.3 is 0 Å². The summed E-state index contributed by atoms with van der Waals surface area (Å²) in [5.74, 6) is 0.714. The van der Waals surface area contributed by atoms with Gasteiger partial charge in [-0.05, 0) is 105 Å². The fraction of sp³-hybridized carbons (Fsp3) is 0. The predicted octanol–water partition coefficient (Wildman–Crippen LogP) is 15.7. The van der Waals surface area contributed by atoms with Crippen LogP contribution in [0.3, 0.4) is 0 Å². The zero-order chi connectivity index (χ0) is 39.6. The Bertz CT molecular complexity index is 3570. The molecule has 0 aliphatic heterocycles. The van der Waals surface area contributed by atoms with Gasteiger partial charge in [0.15, 0.2) is 5.82 Å². The molecule has 1 aromatic heterocycles. The van der Waals surface area contributed by atoms with Gasteiger partial charge in [-0.3, -0.25) is 0 Å². The molecule has 0 N–H and O–H groups in total. The van der Waals surface area contributed by atoms with Crippen LogP contribution in [0.4, 0.5) is 0 Å². The highest BCUT2D eigenvalue weighted by Gasteiger charge is 2.17. The molecule has 0 amide bonds. The van der Waals surface area contributed by atoms with E-state index >= 15 is 0 Å². The molecule has 0 unspecified atom stereocenters. The summed E-state index contributed by atoms with van der Waals surface area (Å²) in [5.41, 5.74) is 9.70. The minimum absolute atomic E-state index is 0.714. The lowest BCUT2D eigenvalue weighted by Crippen LogP contribution is -1.96. The first-order valence-corrected chi connectivity index (χ1v) is 20.6. The van der Waals surface area contributed by atoms with Gasteiger partial charge in [-0.2, -0.15) is 0 Å². The summed E-state index contributed by atoms with van der Waals surface area (Å²) < 4.78 is 0. The summed E-state index contributed by atoms with van der Waals surface area (Å²) in [4.78, 5) is 10.2. The molecule has 0 aliphatic rings. The van der Waals surface area contributed by atoms with Crippen LogP contribution in [0, 0.1) is 0 Å². The van der Waals surface area contributed by atoms with E-state index in [9.17, 15) is 0 Å². The predicted molar refractivity (Wildman–Crippen MR) is 254 cm³/mol. The average Bonchev–Trinajstić information content (AvgIpc) is 3.33. The standard InChI is InChI=1S/C58H36N2/c1-3-14-39(15-4-1)54-36-55(60-58(59-54)41-16-5-2-6-17-41)51-33-32-44(45-19-7-10-22-48(45)51)38-28-26-37(27-29-38)43-34-42-31-30-40-18-13-25-52-49-23-11-8-20-46(49)47-21-9-12-24-50(47)53(35-43)57(42)56(40)52/h1-36H. The third-order valence-corrected chi connectivity index (χ3v) is 12.2. The third kappa shape index (κ3) is 5.57. The molecule has 0 atom stereocenters. The molecule has 12 aromatic rings. The van der Waals surface area contributed by atoms with Crippen LogP contribution in [0.1, 0.15) is 0 Å². The van der Waals surface area contributed by atoms with Crippen molar-refractivity contribution >= 4 is 64.6 Å². The SMILES string of the molecule is c1ccc(-c2cc(-c3ccc(-c4ccc(-c5cc6ccc7cccc8c9ccccc9c9ccccc9c(c5)c6c78)cc4)c4ccccc34)nc(-c3ccccc3)n2)cc1. The van der Waals surface area contributed by atoms with E-state index in [1.165, 1.54) is 81.5 Å². The fourth-order valence-corrected chi connectivity index (χ4v) is 9.43. The van der Waals surface area contributed by atoms with Crippen LogP contribution in [0.5, 0.6) is 0 Å². The normalized spacial score (nSPS) is 11.7. The van der Waals surface area contributed by atoms with E-state index in [4.69, 9.17) is 9.97 Å². The van der Waals surface area contributed by atoms with Crippen molar-refractivity contribution in [1.82, 2.24) is 9.97 Å². The molecule has 60 heavy (non-hydrogen) atoms. The molecule has 0 fully saturated rings. The molecular formula is C58H36N2. The monoisotopic (exact) mass is 760 g/mol. The topological polar surface area (TPSA) is 25.8 Å². The highest BCUT2D eigenvalue weighted by molar-refractivity contribution is 6.33. The van der Waals surface area contributed by atoms with Crippen molar-refractivity contribution in [3.8, 4) is 56.2 Å². The zero-order valence-corrected chi connectivity index (χ0v) is 32.7. The summed E-state index contributed by atoms with van der Waals surface area (Å²) in [6.07, 6.45) is 0. The number of benzene rings is 10. The van der Waals surface area contributed by atoms with Crippen LogP contribution in [0.2, 0.25) is 0 Å². The third-order valence-electron chi connectivity index (χ3n) is 12.2. The zero-order valence-electron chi connectivity index (χ0n) is 32.7. The lowest BCUT2D eigenvalue weighted by molar-refractivity contribution is 1.18. The Morgan fingerprint density at radius 1 is 0.233 bits per heavy atom. The maximum absolute atomic E-state index is 5.18. The Morgan fingerprint density at radius 2 is 0.733 bits per heavy atom. The second-order valence-corrected chi connectivity index (χ2v) is 15.7. The van der Waals surface area contributed by atoms with Gasteiger partial charge in [0, 0.05) is 16.7 Å². The minimum atomic E-state index is 0.714. The van der Waals surface area contributed by atoms with E-state index in [0.29, 0.717) is 5.82 Å². The van der Waals surface area contributed by atoms with E-state index < -0.39 is 0 Å². The maximum Gasteiger partial charge on any atom is 0.160 e. The first-order valence-electron chi connectivity index (χ1n) is 20.6. The molecule has 0 bridgehead atoms. The molecule has 0 radical (unpaired) electrons. The molecule has 1 heterocycles. The van der Waals surface area contributed by atoms with Crippen molar-refractivity contribution in [2.75, 3.05) is 0 Å². The van der Waals surface area contributed by atoms with Crippen molar-refractivity contribution in [2.45, 2.75) is 0 Å². The van der Waals surface area contributed by atoms with Crippen LogP contribution < -0.4 is 0 Å². The van der Waals surface area contributed by atoms with Crippen LogP contribution in [0.15, 0.2) is 218 Å². The summed E-state index contributed by atoms with van der Waals surface area (Å²) in [7, 11) is 0. The maximum atomic E-state index is 5.18. The second-order valence-electron chi connectivity index (χ2n) is 15.7. The molecule has 0 spiro atoms. The van der Waals surface area contributed by atoms with Gasteiger partial charge in [0.25, 0.3) is 0 Å². The molecule has 0 aliphatic carbocycles. The lowest BCUT2D eigenvalue weighted by Gasteiger charge is -2.16. The van der Waals surface area contributed by atoms with Gasteiger partial charge in [0.2, 0.25) is 0 Å². The summed E-state index contributed by atoms with van der Waals surface area (Å²) in [5, 5.41) is 15.1. The Hall–Kier alpha value is -7.94. The molecule has 12 rings (SSSR count).